The van der Waals surface area contributed by atoms with Crippen LogP contribution in [0.4, 0.5) is 13.2 Å². The minimum atomic E-state index is -5.00. The highest BCUT2D eigenvalue weighted by Crippen LogP contribution is 2.33. The number of sulfonamides is 1. The molecule has 0 aliphatic carbocycles. The molecule has 1 saturated heterocycles. The lowest BCUT2D eigenvalue weighted by molar-refractivity contribution is -0.138. The third-order valence-corrected chi connectivity index (χ3v) is 5.23. The predicted molar refractivity (Wildman–Crippen MR) is 81.7 cm³/mol. The number of carbonyl (C=O) groups is 1. The fraction of sp³-hybridized carbons (Fsp3) is 0.400. The Bertz CT molecular complexity index is 776. The number of nitrogens with one attached hydrogen (secondary N) is 1. The summed E-state index contributed by atoms with van der Waals surface area (Å²) < 4.78 is 71.6. The lowest BCUT2D eigenvalue weighted by Crippen LogP contribution is -2.46. The molecule has 0 saturated carbocycles. The minimum Gasteiger partial charge on any atom is -0.478 e. The maximum absolute atomic E-state index is 13.0. The molecule has 2 rings (SSSR count). The Morgan fingerprint density at radius 1 is 1.40 bits per heavy atom. The summed E-state index contributed by atoms with van der Waals surface area (Å²) in [5.41, 5.74) is -2.54. The van der Waals surface area contributed by atoms with Crippen molar-refractivity contribution in [1.82, 2.24) is 4.72 Å². The van der Waals surface area contributed by atoms with E-state index in [9.17, 15) is 26.4 Å². The molecule has 10 heteroatoms. The molecule has 138 valence electrons. The van der Waals surface area contributed by atoms with E-state index in [0.717, 1.165) is 6.07 Å². The fourth-order valence-corrected chi connectivity index (χ4v) is 3.85. The van der Waals surface area contributed by atoms with E-state index in [1.165, 1.54) is 6.08 Å². The normalized spacial score (nSPS) is 21.7. The van der Waals surface area contributed by atoms with Crippen molar-refractivity contribution in [2.75, 3.05) is 6.61 Å². The molecule has 0 radical (unpaired) electrons. The standard InChI is InChI=1S/C15H16F3NO5S/c1-2-13-12(4-3-7-24-13)19-25(22,23)9-5-6-10(14(20)21)11(8-9)15(16,17)18/h2,5-6,8,12-13,19H,1,3-4,7H2,(H,20,21)/t12-,13+/m1/s1. The fourth-order valence-electron chi connectivity index (χ4n) is 2.54. The summed E-state index contributed by atoms with van der Waals surface area (Å²) in [5, 5.41) is 8.86. The monoisotopic (exact) mass is 379 g/mol. The van der Waals surface area contributed by atoms with Crippen molar-refractivity contribution in [2.24, 2.45) is 0 Å². The van der Waals surface area contributed by atoms with Crippen LogP contribution in [0.2, 0.25) is 0 Å². The van der Waals surface area contributed by atoms with Crippen LogP contribution in [0.15, 0.2) is 35.7 Å². The molecule has 1 heterocycles. The minimum absolute atomic E-state index is 0.318. The van der Waals surface area contributed by atoms with E-state index in [-0.39, 0.29) is 0 Å². The van der Waals surface area contributed by atoms with E-state index >= 15 is 0 Å². The van der Waals surface area contributed by atoms with Crippen molar-refractivity contribution < 1.29 is 36.2 Å². The number of benzene rings is 1. The summed E-state index contributed by atoms with van der Waals surface area (Å²) in [5.74, 6) is -1.79. The molecule has 0 spiro atoms. The molecule has 1 aromatic carbocycles. The number of ether oxygens (including phenoxy) is 1. The van der Waals surface area contributed by atoms with Crippen LogP contribution >= 0.6 is 0 Å². The number of hydrogen-bond donors (Lipinski definition) is 2. The van der Waals surface area contributed by atoms with Gasteiger partial charge < -0.3 is 9.84 Å². The van der Waals surface area contributed by atoms with Gasteiger partial charge in [0.25, 0.3) is 0 Å². The zero-order valence-corrected chi connectivity index (χ0v) is 13.7. The van der Waals surface area contributed by atoms with Crippen LogP contribution in [0.3, 0.4) is 0 Å². The van der Waals surface area contributed by atoms with E-state index in [4.69, 9.17) is 9.84 Å². The molecular weight excluding hydrogens is 363 g/mol. The highest BCUT2D eigenvalue weighted by molar-refractivity contribution is 7.89. The van der Waals surface area contributed by atoms with Crippen LogP contribution < -0.4 is 4.72 Å². The summed E-state index contributed by atoms with van der Waals surface area (Å²) in [7, 11) is -4.30. The van der Waals surface area contributed by atoms with Crippen molar-refractivity contribution in [3.05, 3.63) is 42.0 Å². The Balaban J connectivity index is 2.39. The van der Waals surface area contributed by atoms with Gasteiger partial charge in [0.05, 0.1) is 28.2 Å². The zero-order valence-electron chi connectivity index (χ0n) is 12.9. The molecule has 1 aliphatic heterocycles. The third kappa shape index (κ3) is 4.39. The number of hydrogen-bond acceptors (Lipinski definition) is 4. The zero-order chi connectivity index (χ0) is 18.8. The van der Waals surface area contributed by atoms with Gasteiger partial charge in [0, 0.05) is 6.61 Å². The lowest BCUT2D eigenvalue weighted by atomic mass is 10.0. The lowest BCUT2D eigenvalue weighted by Gasteiger charge is -2.30. The summed E-state index contributed by atoms with van der Waals surface area (Å²) in [6, 6.07) is 1.11. The SMILES string of the molecule is C=C[C@@H]1OCCC[C@H]1NS(=O)(=O)c1ccc(C(=O)O)c(C(F)(F)F)c1. The second kappa shape index (κ2) is 7.14. The Kier molecular flexibility index (Phi) is 5.55. The number of carboxylic acids is 1. The molecule has 2 atom stereocenters. The number of alkyl halides is 3. The van der Waals surface area contributed by atoms with Gasteiger partial charge in [-0.25, -0.2) is 17.9 Å². The number of rotatable bonds is 5. The van der Waals surface area contributed by atoms with E-state index in [1.54, 1.807) is 0 Å². The van der Waals surface area contributed by atoms with Gasteiger partial charge in [-0.05, 0) is 31.0 Å². The topological polar surface area (TPSA) is 92.7 Å². The molecule has 1 aromatic rings. The Morgan fingerprint density at radius 2 is 2.08 bits per heavy atom. The van der Waals surface area contributed by atoms with Gasteiger partial charge in [-0.15, -0.1) is 6.58 Å². The first-order valence-corrected chi connectivity index (χ1v) is 8.75. The molecule has 25 heavy (non-hydrogen) atoms. The molecule has 2 N–H and O–H groups in total. The predicted octanol–water partition coefficient (Wildman–Crippen LogP) is 2.42. The number of aromatic carboxylic acids is 1. The van der Waals surface area contributed by atoms with Crippen molar-refractivity contribution >= 4 is 16.0 Å². The van der Waals surface area contributed by atoms with Gasteiger partial charge in [0.15, 0.2) is 0 Å². The largest absolute Gasteiger partial charge is 0.478 e. The number of carboxylic acid groups (broad SMARTS) is 1. The van der Waals surface area contributed by atoms with Crippen LogP contribution in [0.5, 0.6) is 0 Å². The summed E-state index contributed by atoms with van der Waals surface area (Å²) in [6.45, 7) is 3.97. The first-order chi connectivity index (χ1) is 11.6. The van der Waals surface area contributed by atoms with Crippen molar-refractivity contribution in [1.29, 1.82) is 0 Å². The van der Waals surface area contributed by atoms with Crippen molar-refractivity contribution in [3.8, 4) is 0 Å². The first kappa shape index (κ1) is 19.4. The molecule has 1 fully saturated rings. The second-order valence-corrected chi connectivity index (χ2v) is 7.17. The van der Waals surface area contributed by atoms with Gasteiger partial charge in [-0.3, -0.25) is 0 Å². The van der Waals surface area contributed by atoms with Crippen LogP contribution in [0, 0.1) is 0 Å². The van der Waals surface area contributed by atoms with Gasteiger partial charge in [-0.2, -0.15) is 13.2 Å². The summed E-state index contributed by atoms with van der Waals surface area (Å²) in [6.07, 6.45) is -3.15. The first-order valence-electron chi connectivity index (χ1n) is 7.27. The van der Waals surface area contributed by atoms with Crippen LogP contribution in [0.25, 0.3) is 0 Å². The van der Waals surface area contributed by atoms with Gasteiger partial charge in [0.2, 0.25) is 10.0 Å². The van der Waals surface area contributed by atoms with Gasteiger partial charge in [0.1, 0.15) is 0 Å². The number of halogens is 3. The molecule has 1 aliphatic rings. The smallest absolute Gasteiger partial charge is 0.417 e. The molecule has 0 unspecified atom stereocenters. The average Bonchev–Trinajstić information content (AvgIpc) is 2.53. The van der Waals surface area contributed by atoms with Gasteiger partial charge >= 0.3 is 12.1 Å². The van der Waals surface area contributed by atoms with Gasteiger partial charge in [-0.1, -0.05) is 6.08 Å². The van der Waals surface area contributed by atoms with E-state index < -0.39 is 50.3 Å². The molecule has 6 nitrogen and oxygen atoms in total. The Labute approximate surface area is 142 Å². The quantitative estimate of drug-likeness (QED) is 0.767. The van der Waals surface area contributed by atoms with Crippen LogP contribution in [0.1, 0.15) is 28.8 Å². The maximum Gasteiger partial charge on any atom is 0.417 e. The third-order valence-electron chi connectivity index (χ3n) is 3.74. The Morgan fingerprint density at radius 3 is 2.64 bits per heavy atom. The van der Waals surface area contributed by atoms with E-state index in [2.05, 4.69) is 11.3 Å². The molecule has 0 amide bonds. The Hall–Kier alpha value is -1.91. The maximum atomic E-state index is 13.0. The average molecular weight is 379 g/mol. The molecule has 0 bridgehead atoms. The summed E-state index contributed by atoms with van der Waals surface area (Å²) >= 11 is 0. The summed E-state index contributed by atoms with van der Waals surface area (Å²) in [4.78, 5) is 10.3. The molecule has 0 aromatic heterocycles. The van der Waals surface area contributed by atoms with Crippen LogP contribution in [-0.2, 0) is 20.9 Å². The van der Waals surface area contributed by atoms with Crippen molar-refractivity contribution in [2.45, 2.75) is 36.1 Å². The molecular formula is C15H16F3NO5S. The highest BCUT2D eigenvalue weighted by atomic mass is 32.2. The van der Waals surface area contributed by atoms with E-state index in [1.807, 2.05) is 0 Å². The van der Waals surface area contributed by atoms with Crippen LogP contribution in [-0.4, -0.2) is 38.2 Å². The van der Waals surface area contributed by atoms with Crippen molar-refractivity contribution in [3.63, 3.8) is 0 Å². The van der Waals surface area contributed by atoms with E-state index in [0.29, 0.717) is 31.6 Å². The second-order valence-electron chi connectivity index (χ2n) is 5.45. The highest BCUT2D eigenvalue weighted by Gasteiger charge is 2.37.